The first-order valence-corrected chi connectivity index (χ1v) is 5.70. The molecule has 6 heteroatoms. The number of amides is 1. The van der Waals surface area contributed by atoms with E-state index >= 15 is 0 Å². The lowest BCUT2D eigenvalue weighted by molar-refractivity contribution is -0.0498. The highest BCUT2D eigenvalue weighted by Crippen LogP contribution is 2.18. The molecule has 0 atom stereocenters. The van der Waals surface area contributed by atoms with Gasteiger partial charge in [-0.05, 0) is 36.4 Å². The third-order valence-electron chi connectivity index (χ3n) is 2.45. The van der Waals surface area contributed by atoms with Crippen LogP contribution in [0, 0.1) is 0 Å². The number of carbonyl (C=O) groups is 1. The van der Waals surface area contributed by atoms with Crippen molar-refractivity contribution in [2.45, 2.75) is 6.61 Å². The topological polar surface area (TPSA) is 58.6 Å². The van der Waals surface area contributed by atoms with Crippen molar-refractivity contribution >= 4 is 11.6 Å². The second-order valence-electron chi connectivity index (χ2n) is 3.91. The first-order valence-electron chi connectivity index (χ1n) is 5.70. The van der Waals surface area contributed by atoms with Crippen LogP contribution in [-0.4, -0.2) is 17.6 Å². The van der Waals surface area contributed by atoms with Gasteiger partial charge in [0.05, 0.1) is 0 Å². The van der Waals surface area contributed by atoms with E-state index in [-0.39, 0.29) is 17.1 Å². The molecule has 0 aromatic heterocycles. The van der Waals surface area contributed by atoms with Crippen molar-refractivity contribution in [1.29, 1.82) is 0 Å². The van der Waals surface area contributed by atoms with Crippen LogP contribution in [0.4, 0.5) is 14.5 Å². The highest BCUT2D eigenvalue weighted by molar-refractivity contribution is 6.04. The fraction of sp³-hybridized carbons (Fsp3) is 0.0714. The number of halogens is 2. The van der Waals surface area contributed by atoms with Gasteiger partial charge in [0.25, 0.3) is 5.91 Å². The van der Waals surface area contributed by atoms with Crippen LogP contribution in [0.2, 0.25) is 0 Å². The van der Waals surface area contributed by atoms with E-state index in [4.69, 9.17) is 0 Å². The molecule has 0 aliphatic rings. The Hall–Kier alpha value is -2.63. The second-order valence-corrected chi connectivity index (χ2v) is 3.91. The first-order chi connectivity index (χ1) is 9.54. The van der Waals surface area contributed by atoms with E-state index in [1.807, 2.05) is 0 Å². The Bertz CT molecular complexity index is 600. The van der Waals surface area contributed by atoms with Gasteiger partial charge in [-0.3, -0.25) is 4.79 Å². The lowest BCUT2D eigenvalue weighted by Crippen LogP contribution is -2.11. The monoisotopic (exact) mass is 279 g/mol. The van der Waals surface area contributed by atoms with Crippen LogP contribution < -0.4 is 10.1 Å². The molecule has 2 aromatic rings. The zero-order valence-electron chi connectivity index (χ0n) is 10.2. The molecular weight excluding hydrogens is 268 g/mol. The third kappa shape index (κ3) is 3.68. The molecule has 0 bridgehead atoms. The molecule has 2 rings (SSSR count). The molecule has 0 spiro atoms. The Morgan fingerprint density at radius 1 is 1.15 bits per heavy atom. The van der Waals surface area contributed by atoms with E-state index in [1.54, 1.807) is 12.1 Å². The molecule has 104 valence electrons. The van der Waals surface area contributed by atoms with Crippen LogP contribution in [0.25, 0.3) is 0 Å². The maximum Gasteiger partial charge on any atom is 0.387 e. The lowest BCUT2D eigenvalue weighted by atomic mass is 10.2. The average molecular weight is 279 g/mol. The van der Waals surface area contributed by atoms with Gasteiger partial charge in [-0.2, -0.15) is 8.78 Å². The summed E-state index contributed by atoms with van der Waals surface area (Å²) in [6.07, 6.45) is 0. The van der Waals surface area contributed by atoms with Gasteiger partial charge in [0.1, 0.15) is 11.5 Å². The minimum Gasteiger partial charge on any atom is -0.508 e. The van der Waals surface area contributed by atoms with Crippen LogP contribution >= 0.6 is 0 Å². The molecule has 0 unspecified atom stereocenters. The van der Waals surface area contributed by atoms with Gasteiger partial charge in [-0.1, -0.05) is 6.07 Å². The molecule has 0 aliphatic carbocycles. The zero-order chi connectivity index (χ0) is 14.5. The quantitative estimate of drug-likeness (QED) is 0.903. The van der Waals surface area contributed by atoms with Crippen molar-refractivity contribution in [2.24, 2.45) is 0 Å². The molecule has 0 fully saturated rings. The average Bonchev–Trinajstić information content (AvgIpc) is 2.38. The highest BCUT2D eigenvalue weighted by atomic mass is 19.3. The number of benzene rings is 2. The van der Waals surface area contributed by atoms with Crippen LogP contribution in [0.15, 0.2) is 48.5 Å². The third-order valence-corrected chi connectivity index (χ3v) is 2.45. The van der Waals surface area contributed by atoms with Crippen molar-refractivity contribution in [3.8, 4) is 11.5 Å². The van der Waals surface area contributed by atoms with Crippen LogP contribution in [-0.2, 0) is 0 Å². The molecule has 0 radical (unpaired) electrons. The standard InChI is InChI=1S/C14H11F2NO3/c15-14(16)20-12-6-4-9(5-7-12)13(19)17-10-2-1-3-11(18)8-10/h1-8,14,18H,(H,17,19). The maximum atomic E-state index is 12.0. The van der Waals surface area contributed by atoms with Gasteiger partial charge in [0, 0.05) is 17.3 Å². The molecular formula is C14H11F2NO3. The number of ether oxygens (including phenoxy) is 1. The van der Waals surface area contributed by atoms with E-state index in [0.29, 0.717) is 5.69 Å². The van der Waals surface area contributed by atoms with Crippen LogP contribution in [0.3, 0.4) is 0 Å². The number of hydrogen-bond donors (Lipinski definition) is 2. The number of carbonyl (C=O) groups excluding carboxylic acids is 1. The number of rotatable bonds is 4. The number of aromatic hydroxyl groups is 1. The van der Waals surface area contributed by atoms with Gasteiger partial charge in [-0.25, -0.2) is 0 Å². The van der Waals surface area contributed by atoms with Crippen molar-refractivity contribution in [3.05, 3.63) is 54.1 Å². The van der Waals surface area contributed by atoms with Crippen molar-refractivity contribution in [1.82, 2.24) is 0 Å². The minimum absolute atomic E-state index is 0.0195. The Labute approximate surface area is 113 Å². The summed E-state index contributed by atoms with van der Waals surface area (Å²) in [4.78, 5) is 11.9. The number of phenolic OH excluding ortho intramolecular Hbond substituents is 1. The van der Waals surface area contributed by atoms with Gasteiger partial charge >= 0.3 is 6.61 Å². The summed E-state index contributed by atoms with van der Waals surface area (Å²) in [7, 11) is 0. The Morgan fingerprint density at radius 2 is 1.85 bits per heavy atom. The summed E-state index contributed by atoms with van der Waals surface area (Å²) in [6, 6.07) is 11.4. The van der Waals surface area contributed by atoms with E-state index in [2.05, 4.69) is 10.1 Å². The van der Waals surface area contributed by atoms with Gasteiger partial charge < -0.3 is 15.2 Å². The number of alkyl halides is 2. The van der Waals surface area contributed by atoms with E-state index < -0.39 is 12.5 Å². The maximum absolute atomic E-state index is 12.0. The van der Waals surface area contributed by atoms with Crippen molar-refractivity contribution in [2.75, 3.05) is 5.32 Å². The SMILES string of the molecule is O=C(Nc1cccc(O)c1)c1ccc(OC(F)F)cc1. The zero-order valence-corrected chi connectivity index (χ0v) is 10.2. The second kappa shape index (κ2) is 6.01. The smallest absolute Gasteiger partial charge is 0.387 e. The highest BCUT2D eigenvalue weighted by Gasteiger charge is 2.08. The first kappa shape index (κ1) is 13.8. The molecule has 2 N–H and O–H groups in total. The van der Waals surface area contributed by atoms with Gasteiger partial charge in [-0.15, -0.1) is 0 Å². The predicted molar refractivity (Wildman–Crippen MR) is 69.1 cm³/mol. The Morgan fingerprint density at radius 3 is 2.45 bits per heavy atom. The normalized spacial score (nSPS) is 10.3. The lowest BCUT2D eigenvalue weighted by Gasteiger charge is -2.07. The fourth-order valence-corrected chi connectivity index (χ4v) is 1.57. The fourth-order valence-electron chi connectivity index (χ4n) is 1.57. The molecule has 0 heterocycles. The van der Waals surface area contributed by atoms with Crippen LogP contribution in [0.5, 0.6) is 11.5 Å². The minimum atomic E-state index is -2.90. The molecule has 1 amide bonds. The summed E-state index contributed by atoms with van der Waals surface area (Å²) >= 11 is 0. The molecule has 0 aliphatic heterocycles. The Kier molecular flexibility index (Phi) is 4.14. The number of hydrogen-bond acceptors (Lipinski definition) is 3. The van der Waals surface area contributed by atoms with E-state index in [0.717, 1.165) is 0 Å². The summed E-state index contributed by atoms with van der Waals surface area (Å²) in [5.41, 5.74) is 0.720. The van der Waals surface area contributed by atoms with Crippen molar-refractivity contribution < 1.29 is 23.4 Å². The number of phenols is 1. The molecule has 20 heavy (non-hydrogen) atoms. The summed E-state index contributed by atoms with van der Waals surface area (Å²) < 4.78 is 28.1. The largest absolute Gasteiger partial charge is 0.508 e. The Balaban J connectivity index is 2.06. The summed E-state index contributed by atoms with van der Waals surface area (Å²) in [6.45, 7) is -2.90. The summed E-state index contributed by atoms with van der Waals surface area (Å²) in [5, 5.41) is 11.8. The van der Waals surface area contributed by atoms with Crippen LogP contribution in [0.1, 0.15) is 10.4 Å². The number of anilines is 1. The van der Waals surface area contributed by atoms with Crippen molar-refractivity contribution in [3.63, 3.8) is 0 Å². The predicted octanol–water partition coefficient (Wildman–Crippen LogP) is 3.25. The molecule has 4 nitrogen and oxygen atoms in total. The molecule has 0 saturated carbocycles. The van der Waals surface area contributed by atoms with Gasteiger partial charge in [0.15, 0.2) is 0 Å². The summed E-state index contributed by atoms with van der Waals surface area (Å²) in [5.74, 6) is -0.406. The number of nitrogens with one attached hydrogen (secondary N) is 1. The van der Waals surface area contributed by atoms with Gasteiger partial charge in [0.2, 0.25) is 0 Å². The van der Waals surface area contributed by atoms with E-state index in [9.17, 15) is 18.7 Å². The van der Waals surface area contributed by atoms with E-state index in [1.165, 1.54) is 36.4 Å². The molecule has 2 aromatic carbocycles. The molecule has 0 saturated heterocycles.